The maximum atomic E-state index is 13.3. The third-order valence-electron chi connectivity index (χ3n) is 6.68. The summed E-state index contributed by atoms with van der Waals surface area (Å²) in [6.45, 7) is 0. The summed E-state index contributed by atoms with van der Waals surface area (Å²) in [7, 11) is 1.30. The van der Waals surface area contributed by atoms with E-state index in [1.165, 1.54) is 36.3 Å². The molecule has 2 atom stereocenters. The lowest BCUT2D eigenvalue weighted by Crippen LogP contribution is -2.80. The Hall–Kier alpha value is -4.19. The van der Waals surface area contributed by atoms with Crippen molar-refractivity contribution in [3.63, 3.8) is 0 Å². The van der Waals surface area contributed by atoms with Gasteiger partial charge in [0.2, 0.25) is 5.91 Å². The van der Waals surface area contributed by atoms with Gasteiger partial charge in [0, 0.05) is 23.8 Å². The Bertz CT molecular complexity index is 1470. The van der Waals surface area contributed by atoms with Crippen LogP contribution in [0.4, 0.5) is 0 Å². The van der Waals surface area contributed by atoms with E-state index in [4.69, 9.17) is 9.47 Å². The standard InChI is InChI=1S/C30H26N2O7S2/c1-38-30(31-23(33)17-22-13-8-16-40-22)28(37)32-25(27(35)36)21(18-41-29(30)32)14-15-24(34)39-26(19-9-4-2-5-10-19)20-11-6-3-7-12-20/h2-16,26,29H,17-18H2,1H3,(H,31,33)(H,35,36)/b15-14+/t29-,30+/m1/s1. The van der Waals surface area contributed by atoms with Crippen LogP contribution in [0.2, 0.25) is 0 Å². The van der Waals surface area contributed by atoms with E-state index in [1.54, 1.807) is 0 Å². The molecule has 5 rings (SSSR count). The van der Waals surface area contributed by atoms with Crippen molar-refractivity contribution >= 4 is 46.9 Å². The first-order chi connectivity index (χ1) is 19.8. The summed E-state index contributed by atoms with van der Waals surface area (Å²) in [5.74, 6) is -2.96. The molecule has 1 aromatic heterocycles. The lowest BCUT2D eigenvalue weighted by molar-refractivity contribution is -0.192. The number of thiophene rings is 1. The molecular formula is C30H26N2O7S2. The first kappa shape index (κ1) is 28.3. The number of hydrogen-bond donors (Lipinski definition) is 2. The zero-order chi connectivity index (χ0) is 29.0. The van der Waals surface area contributed by atoms with E-state index >= 15 is 0 Å². The van der Waals surface area contributed by atoms with Crippen molar-refractivity contribution in [1.82, 2.24) is 10.2 Å². The molecule has 2 aromatic carbocycles. The number of carbonyl (C=O) groups excluding carboxylic acids is 3. The third-order valence-corrected chi connectivity index (χ3v) is 8.90. The quantitative estimate of drug-likeness (QED) is 0.158. The van der Waals surface area contributed by atoms with Crippen LogP contribution in [0.5, 0.6) is 0 Å². The molecule has 41 heavy (non-hydrogen) atoms. The van der Waals surface area contributed by atoms with Crippen LogP contribution in [0.1, 0.15) is 22.1 Å². The fourth-order valence-corrected chi connectivity index (χ4v) is 6.88. The summed E-state index contributed by atoms with van der Waals surface area (Å²) in [5.41, 5.74) is -0.137. The number of allylic oxidation sites excluding steroid dienone is 1. The summed E-state index contributed by atoms with van der Waals surface area (Å²) in [6, 6.07) is 22.2. The van der Waals surface area contributed by atoms with E-state index in [-0.39, 0.29) is 23.4 Å². The number of rotatable bonds is 10. The van der Waals surface area contributed by atoms with E-state index in [0.717, 1.165) is 27.0 Å². The predicted molar refractivity (Wildman–Crippen MR) is 154 cm³/mol. The Balaban J connectivity index is 1.34. The summed E-state index contributed by atoms with van der Waals surface area (Å²) >= 11 is 2.64. The predicted octanol–water partition coefficient (Wildman–Crippen LogP) is 3.89. The van der Waals surface area contributed by atoms with Gasteiger partial charge in [-0.1, -0.05) is 66.7 Å². The highest BCUT2D eigenvalue weighted by atomic mass is 32.2. The molecule has 3 heterocycles. The van der Waals surface area contributed by atoms with E-state index in [9.17, 15) is 24.3 Å². The maximum Gasteiger partial charge on any atom is 0.352 e. The number of esters is 1. The van der Waals surface area contributed by atoms with Gasteiger partial charge in [0.15, 0.2) is 6.10 Å². The second-order valence-corrected chi connectivity index (χ2v) is 11.3. The number of amides is 2. The van der Waals surface area contributed by atoms with Crippen LogP contribution >= 0.6 is 23.1 Å². The number of fused-ring (bicyclic) bond motifs is 1. The van der Waals surface area contributed by atoms with Crippen LogP contribution in [-0.4, -0.2) is 57.7 Å². The number of hydrogen-bond acceptors (Lipinski definition) is 8. The summed E-state index contributed by atoms with van der Waals surface area (Å²) < 4.78 is 11.3. The minimum Gasteiger partial charge on any atom is -0.477 e. The average molecular weight is 591 g/mol. The van der Waals surface area contributed by atoms with Gasteiger partial charge in [-0.15, -0.1) is 23.1 Å². The van der Waals surface area contributed by atoms with Gasteiger partial charge in [-0.05, 0) is 34.2 Å². The molecule has 2 aliphatic heterocycles. The molecule has 9 nitrogen and oxygen atoms in total. The van der Waals surface area contributed by atoms with E-state index in [0.29, 0.717) is 0 Å². The van der Waals surface area contributed by atoms with Crippen LogP contribution in [0.3, 0.4) is 0 Å². The Morgan fingerprint density at radius 1 is 1.07 bits per heavy atom. The fourth-order valence-electron chi connectivity index (χ4n) is 4.76. The van der Waals surface area contributed by atoms with Gasteiger partial charge >= 0.3 is 11.9 Å². The molecule has 3 aromatic rings. The number of aliphatic carboxylic acids is 1. The first-order valence-electron chi connectivity index (χ1n) is 12.6. The number of benzene rings is 2. The minimum atomic E-state index is -1.69. The van der Waals surface area contributed by atoms with Crippen LogP contribution < -0.4 is 5.32 Å². The molecule has 2 N–H and O–H groups in total. The number of ether oxygens (including phenoxy) is 2. The first-order valence-corrected chi connectivity index (χ1v) is 14.6. The zero-order valence-corrected chi connectivity index (χ0v) is 23.5. The minimum absolute atomic E-state index is 0.0676. The molecule has 0 spiro atoms. The number of nitrogens with one attached hydrogen (secondary N) is 1. The Morgan fingerprint density at radius 2 is 1.73 bits per heavy atom. The molecule has 11 heteroatoms. The van der Waals surface area contributed by atoms with Crippen molar-refractivity contribution in [3.8, 4) is 0 Å². The molecule has 0 unspecified atom stereocenters. The SMILES string of the molecule is CO[C@@]1(NC(=O)Cc2cccs2)C(=O)N2C(C(=O)O)=C(/C=C/C(=O)OC(c3ccccc3)c3ccccc3)CS[C@@H]21. The molecule has 0 bridgehead atoms. The maximum absolute atomic E-state index is 13.3. The third kappa shape index (κ3) is 5.69. The highest BCUT2D eigenvalue weighted by molar-refractivity contribution is 8.00. The summed E-state index contributed by atoms with van der Waals surface area (Å²) in [6.07, 6.45) is 1.93. The number of carboxylic acids is 1. The topological polar surface area (TPSA) is 122 Å². The van der Waals surface area contributed by atoms with E-state index in [2.05, 4.69) is 5.32 Å². The zero-order valence-electron chi connectivity index (χ0n) is 21.9. The van der Waals surface area contributed by atoms with Crippen molar-refractivity contribution < 1.29 is 33.8 Å². The largest absolute Gasteiger partial charge is 0.477 e. The lowest BCUT2D eigenvalue weighted by Gasteiger charge is -2.55. The van der Waals surface area contributed by atoms with Gasteiger partial charge in [-0.25, -0.2) is 9.59 Å². The van der Waals surface area contributed by atoms with Crippen LogP contribution in [0, 0.1) is 0 Å². The molecule has 0 saturated carbocycles. The van der Waals surface area contributed by atoms with Crippen molar-refractivity contribution in [2.24, 2.45) is 0 Å². The highest BCUT2D eigenvalue weighted by Gasteiger charge is 2.66. The van der Waals surface area contributed by atoms with Crippen molar-refractivity contribution in [1.29, 1.82) is 0 Å². The lowest BCUT2D eigenvalue weighted by atomic mass is 9.97. The molecule has 2 aliphatic rings. The molecular weight excluding hydrogens is 564 g/mol. The van der Waals surface area contributed by atoms with Gasteiger partial charge < -0.3 is 19.9 Å². The Labute approximate surface area is 244 Å². The molecule has 0 aliphatic carbocycles. The van der Waals surface area contributed by atoms with Crippen LogP contribution in [0.25, 0.3) is 0 Å². The van der Waals surface area contributed by atoms with Gasteiger partial charge in [0.05, 0.1) is 6.42 Å². The average Bonchev–Trinajstić information content (AvgIpc) is 3.50. The Kier molecular flexibility index (Phi) is 8.39. The van der Waals surface area contributed by atoms with Gasteiger partial charge in [0.1, 0.15) is 11.1 Å². The van der Waals surface area contributed by atoms with Crippen LogP contribution in [0.15, 0.2) is 102 Å². The molecule has 0 radical (unpaired) electrons. The molecule has 1 fully saturated rings. The van der Waals surface area contributed by atoms with Crippen molar-refractivity contribution in [2.75, 3.05) is 12.9 Å². The van der Waals surface area contributed by atoms with E-state index in [1.807, 2.05) is 78.2 Å². The number of nitrogens with zero attached hydrogens (tertiary/aromatic N) is 1. The number of methoxy groups -OCH3 is 1. The second kappa shape index (κ2) is 12.1. The number of carboxylic acid groups (broad SMARTS) is 1. The highest BCUT2D eigenvalue weighted by Crippen LogP contribution is 2.47. The fraction of sp³-hybridized carbons (Fsp3) is 0.200. The van der Waals surface area contributed by atoms with Crippen molar-refractivity contribution in [2.45, 2.75) is 23.6 Å². The van der Waals surface area contributed by atoms with Gasteiger partial charge in [0.25, 0.3) is 11.6 Å². The molecule has 210 valence electrons. The summed E-state index contributed by atoms with van der Waals surface area (Å²) in [4.78, 5) is 53.1. The number of carbonyl (C=O) groups is 4. The van der Waals surface area contributed by atoms with Crippen LogP contribution in [-0.2, 0) is 35.1 Å². The monoisotopic (exact) mass is 590 g/mol. The molecule has 1 saturated heterocycles. The second-order valence-electron chi connectivity index (χ2n) is 9.23. The van der Waals surface area contributed by atoms with Crippen molar-refractivity contribution in [3.05, 3.63) is 118 Å². The molecule has 2 amide bonds. The summed E-state index contributed by atoms with van der Waals surface area (Å²) in [5, 5.41) is 13.7. The Morgan fingerprint density at radius 3 is 2.29 bits per heavy atom. The normalized spacial score (nSPS) is 20.1. The van der Waals surface area contributed by atoms with Gasteiger partial charge in [-0.3, -0.25) is 14.5 Å². The smallest absolute Gasteiger partial charge is 0.352 e. The number of β-lactam (4-membered cyclic amide) rings is 1. The van der Waals surface area contributed by atoms with Gasteiger partial charge in [-0.2, -0.15) is 0 Å². The number of thioether (sulfide) groups is 1. The van der Waals surface area contributed by atoms with E-state index < -0.39 is 41.0 Å².